The summed E-state index contributed by atoms with van der Waals surface area (Å²) in [5.74, 6) is -0.943. The third-order valence-corrected chi connectivity index (χ3v) is 7.24. The number of rotatable bonds is 1. The van der Waals surface area contributed by atoms with Gasteiger partial charge in [0.2, 0.25) is 0 Å². The molecule has 2 aliphatic heterocycles. The minimum Gasteiger partial charge on any atom is -0.479 e. The van der Waals surface area contributed by atoms with Crippen molar-refractivity contribution in [2.75, 3.05) is 7.05 Å². The van der Waals surface area contributed by atoms with Crippen molar-refractivity contribution in [3.63, 3.8) is 0 Å². The molecule has 3 aliphatic rings. The number of imide groups is 1. The van der Waals surface area contributed by atoms with Gasteiger partial charge in [0.25, 0.3) is 11.8 Å². The van der Waals surface area contributed by atoms with Gasteiger partial charge in [-0.3, -0.25) is 14.5 Å². The van der Waals surface area contributed by atoms with Crippen LogP contribution < -0.4 is 4.74 Å². The summed E-state index contributed by atoms with van der Waals surface area (Å²) >= 11 is 13.7. The van der Waals surface area contributed by atoms with Crippen LogP contribution in [0, 0.1) is 0 Å². The largest absolute Gasteiger partial charge is 0.479 e. The number of benzene rings is 2. The molecule has 2 amide bonds. The Bertz CT molecular complexity index is 949. The van der Waals surface area contributed by atoms with E-state index in [-0.39, 0.29) is 0 Å². The zero-order chi connectivity index (χ0) is 17.6. The van der Waals surface area contributed by atoms with Crippen LogP contribution in [0.4, 0.5) is 0 Å². The minimum atomic E-state index is -1.70. The maximum absolute atomic E-state index is 13.0. The van der Waals surface area contributed by atoms with E-state index in [0.29, 0.717) is 5.75 Å². The Hall–Kier alpha value is -2.04. The molecular formula is C19H13Cl2NO3. The van der Waals surface area contributed by atoms with Crippen molar-refractivity contribution in [3.8, 4) is 5.75 Å². The third kappa shape index (κ3) is 1.30. The number of nitrogens with zero attached hydrogens (tertiary/aromatic N) is 1. The molecule has 0 bridgehead atoms. The molecule has 4 unspecified atom stereocenters. The number of hydrogen-bond donors (Lipinski definition) is 0. The van der Waals surface area contributed by atoms with Gasteiger partial charge in [0, 0.05) is 12.6 Å². The molecule has 25 heavy (non-hydrogen) atoms. The molecule has 6 heteroatoms. The van der Waals surface area contributed by atoms with Crippen molar-refractivity contribution >= 4 is 35.0 Å². The minimum absolute atomic E-state index is 0.481. The van der Waals surface area contributed by atoms with Crippen LogP contribution in [0.2, 0.25) is 0 Å². The summed E-state index contributed by atoms with van der Waals surface area (Å²) in [6.07, 6.45) is 0. The summed E-state index contributed by atoms with van der Waals surface area (Å²) in [7, 11) is 1.41. The molecule has 5 rings (SSSR count). The van der Waals surface area contributed by atoms with Crippen LogP contribution in [0.15, 0.2) is 54.6 Å². The van der Waals surface area contributed by atoms with Gasteiger partial charge in [-0.05, 0) is 11.6 Å². The third-order valence-electron chi connectivity index (χ3n) is 5.74. The molecule has 1 saturated heterocycles. The molecule has 0 N–H and O–H groups in total. The van der Waals surface area contributed by atoms with Crippen molar-refractivity contribution in [1.82, 2.24) is 4.90 Å². The zero-order valence-corrected chi connectivity index (χ0v) is 14.7. The molecule has 126 valence electrons. The van der Waals surface area contributed by atoms with Crippen LogP contribution in [-0.2, 0) is 15.2 Å². The zero-order valence-electron chi connectivity index (χ0n) is 13.2. The van der Waals surface area contributed by atoms with Gasteiger partial charge in [-0.25, -0.2) is 0 Å². The van der Waals surface area contributed by atoms with Crippen LogP contribution in [0.3, 0.4) is 0 Å². The molecule has 0 aromatic heterocycles. The second kappa shape index (κ2) is 4.37. The fraction of sp³-hybridized carbons (Fsp3) is 0.263. The Morgan fingerprint density at radius 1 is 0.960 bits per heavy atom. The number of hydrogen-bond acceptors (Lipinski definition) is 3. The lowest BCUT2D eigenvalue weighted by molar-refractivity contribution is -0.144. The number of para-hydroxylation sites is 1. The van der Waals surface area contributed by atoms with Gasteiger partial charge in [-0.15, -0.1) is 23.2 Å². The Labute approximate surface area is 154 Å². The highest BCUT2D eigenvalue weighted by molar-refractivity contribution is 6.56. The topological polar surface area (TPSA) is 46.6 Å². The van der Waals surface area contributed by atoms with Gasteiger partial charge in [-0.2, -0.15) is 0 Å². The summed E-state index contributed by atoms with van der Waals surface area (Å²) < 4.78 is 6.31. The maximum atomic E-state index is 13.0. The predicted molar refractivity (Wildman–Crippen MR) is 92.9 cm³/mol. The quantitative estimate of drug-likeness (QED) is 0.570. The van der Waals surface area contributed by atoms with E-state index in [2.05, 4.69) is 0 Å². The van der Waals surface area contributed by atoms with Crippen molar-refractivity contribution < 1.29 is 14.3 Å². The number of carbonyl (C=O) groups excluding carboxylic acids is 2. The van der Waals surface area contributed by atoms with Gasteiger partial charge >= 0.3 is 0 Å². The lowest BCUT2D eigenvalue weighted by Crippen LogP contribution is -2.79. The summed E-state index contributed by atoms with van der Waals surface area (Å²) in [6, 6.07) is 16.7. The predicted octanol–water partition coefficient (Wildman–Crippen LogP) is 3.03. The molecule has 2 aromatic carbocycles. The molecule has 2 fully saturated rings. The van der Waals surface area contributed by atoms with E-state index in [4.69, 9.17) is 27.9 Å². The van der Waals surface area contributed by atoms with Crippen molar-refractivity contribution in [1.29, 1.82) is 0 Å². The van der Waals surface area contributed by atoms with Crippen LogP contribution in [0.5, 0.6) is 5.75 Å². The Kier molecular flexibility index (Phi) is 2.67. The van der Waals surface area contributed by atoms with E-state index in [0.717, 1.165) is 16.0 Å². The second-order valence-corrected chi connectivity index (χ2v) is 7.88. The molecule has 1 aliphatic carbocycles. The van der Waals surface area contributed by atoms with Crippen LogP contribution >= 0.6 is 23.2 Å². The average molecular weight is 374 g/mol. The number of alkyl halides is 2. The Balaban J connectivity index is 1.86. The van der Waals surface area contributed by atoms with E-state index in [1.54, 1.807) is 0 Å². The molecule has 0 spiro atoms. The van der Waals surface area contributed by atoms with Crippen molar-refractivity contribution in [2.45, 2.75) is 21.3 Å². The van der Waals surface area contributed by atoms with Crippen molar-refractivity contribution in [3.05, 3.63) is 65.7 Å². The van der Waals surface area contributed by atoms with Gasteiger partial charge in [0.15, 0.2) is 15.3 Å². The Morgan fingerprint density at radius 2 is 1.60 bits per heavy atom. The Morgan fingerprint density at radius 3 is 2.32 bits per heavy atom. The van der Waals surface area contributed by atoms with Crippen molar-refractivity contribution in [2.24, 2.45) is 0 Å². The van der Waals surface area contributed by atoms with Gasteiger partial charge in [-0.1, -0.05) is 48.5 Å². The van der Waals surface area contributed by atoms with E-state index in [1.807, 2.05) is 54.6 Å². The molecule has 0 radical (unpaired) electrons. The molecular weight excluding hydrogens is 361 g/mol. The molecule has 2 aromatic rings. The summed E-state index contributed by atoms with van der Waals surface area (Å²) in [4.78, 5) is 23.6. The van der Waals surface area contributed by atoms with Crippen LogP contribution in [-0.4, -0.2) is 33.5 Å². The highest BCUT2D eigenvalue weighted by Crippen LogP contribution is 2.78. The molecule has 4 nitrogen and oxygen atoms in total. The summed E-state index contributed by atoms with van der Waals surface area (Å²) in [5.41, 5.74) is 0.326. The van der Waals surface area contributed by atoms with Gasteiger partial charge in [0.05, 0.1) is 5.92 Å². The lowest BCUT2D eigenvalue weighted by atomic mass is 9.50. The number of likely N-dealkylation sites (tertiary alicyclic amines) is 1. The highest BCUT2D eigenvalue weighted by Gasteiger charge is 2.93. The fourth-order valence-corrected chi connectivity index (χ4v) is 5.87. The van der Waals surface area contributed by atoms with Crippen LogP contribution in [0.1, 0.15) is 17.0 Å². The van der Waals surface area contributed by atoms with Gasteiger partial charge < -0.3 is 4.74 Å². The number of ether oxygens (including phenoxy) is 1. The standard InChI is InChI=1S/C19H13Cl2NO3/c1-22-15(23)17(20)14-12-9-5-6-10-13(12)25-18(14,19(17,21)16(22)24)11-7-3-2-4-8-11/h2-10,14H,1H3. The second-order valence-electron chi connectivity index (χ2n) is 6.71. The lowest BCUT2D eigenvalue weighted by Gasteiger charge is -2.60. The van der Waals surface area contributed by atoms with Gasteiger partial charge in [0.1, 0.15) is 5.75 Å². The number of halogens is 2. The first-order valence-corrected chi connectivity index (χ1v) is 8.70. The highest BCUT2D eigenvalue weighted by atomic mass is 35.5. The van der Waals surface area contributed by atoms with E-state index in [9.17, 15) is 9.59 Å². The number of carbonyl (C=O) groups is 2. The average Bonchev–Trinajstić information content (AvgIpc) is 3.04. The number of fused-ring (bicyclic) bond motifs is 6. The van der Waals surface area contributed by atoms with Crippen LogP contribution in [0.25, 0.3) is 0 Å². The normalized spacial score (nSPS) is 37.9. The fourth-order valence-electron chi connectivity index (χ4n) is 4.68. The number of amides is 2. The smallest absolute Gasteiger partial charge is 0.257 e. The van der Waals surface area contributed by atoms with E-state index in [1.165, 1.54) is 7.05 Å². The first-order valence-electron chi connectivity index (χ1n) is 7.94. The van der Waals surface area contributed by atoms with E-state index >= 15 is 0 Å². The molecule has 4 atom stereocenters. The maximum Gasteiger partial charge on any atom is 0.257 e. The van der Waals surface area contributed by atoms with E-state index < -0.39 is 33.1 Å². The molecule has 2 heterocycles. The first kappa shape index (κ1) is 15.2. The SMILES string of the molecule is CN1C(=O)C2(Cl)C3c4ccccc4OC3(c3ccccc3)C2(Cl)C1=O. The monoisotopic (exact) mass is 373 g/mol. The first-order chi connectivity index (χ1) is 11.9. The summed E-state index contributed by atoms with van der Waals surface area (Å²) in [6.45, 7) is 0. The molecule has 1 saturated carbocycles. The summed E-state index contributed by atoms with van der Waals surface area (Å²) in [5, 5.41) is 0.